The van der Waals surface area contributed by atoms with Gasteiger partial charge in [0.1, 0.15) is 12.2 Å². The molecule has 180 valence electrons. The number of hydrogen-bond donors (Lipinski definition) is 1. The molecule has 0 spiro atoms. The lowest BCUT2D eigenvalue weighted by Gasteiger charge is -2.12. The Morgan fingerprint density at radius 2 is 1.83 bits per heavy atom. The molecule has 36 heavy (non-hydrogen) atoms. The van der Waals surface area contributed by atoms with Crippen LogP contribution in [0.3, 0.4) is 0 Å². The van der Waals surface area contributed by atoms with E-state index < -0.39 is 5.91 Å². The minimum atomic E-state index is -0.432. The van der Waals surface area contributed by atoms with E-state index in [1.54, 1.807) is 18.3 Å². The molecular weight excluding hydrogens is 476 g/mol. The number of halogens is 1. The van der Waals surface area contributed by atoms with Crippen LogP contribution in [-0.4, -0.2) is 18.7 Å². The molecule has 5 aromatic rings. The maximum atomic E-state index is 12.6. The van der Waals surface area contributed by atoms with Crippen LogP contribution in [0.4, 0.5) is 0 Å². The molecule has 1 N–H and O–H groups in total. The van der Waals surface area contributed by atoms with Crippen LogP contribution in [0.25, 0.3) is 21.7 Å². The van der Waals surface area contributed by atoms with Gasteiger partial charge in [-0.1, -0.05) is 54.1 Å². The van der Waals surface area contributed by atoms with Crippen molar-refractivity contribution >= 4 is 45.5 Å². The number of furan rings is 1. The highest BCUT2D eigenvalue weighted by Gasteiger charge is 2.13. The van der Waals surface area contributed by atoms with E-state index in [0.29, 0.717) is 35.3 Å². The lowest BCUT2D eigenvalue weighted by molar-refractivity contribution is 0.0929. The number of carbonyl (C=O) groups is 1. The van der Waals surface area contributed by atoms with Crippen molar-refractivity contribution < 1.29 is 18.7 Å². The van der Waals surface area contributed by atoms with E-state index in [1.165, 1.54) is 0 Å². The monoisotopic (exact) mass is 498 g/mol. The number of fused-ring (bicyclic) bond motifs is 3. The molecule has 6 nitrogen and oxygen atoms in total. The first-order valence-corrected chi connectivity index (χ1v) is 11.9. The quantitative estimate of drug-likeness (QED) is 0.185. The minimum absolute atomic E-state index is 0.193. The minimum Gasteiger partial charge on any atom is -0.490 e. The molecule has 0 aliphatic carbocycles. The van der Waals surface area contributed by atoms with Gasteiger partial charge >= 0.3 is 5.91 Å². The standard InChI is InChI=1S/C29H23ClN2O4/c1-2-34-27-15-19(10-12-26(27)35-18-20-6-5-8-22(30)14-20)17-31-32-29(33)28-16-24-23-9-4-3-7-21(23)11-13-25(24)36-28/h3-17H,2,18H2,1H3,(H,32,33)/b31-17-. The summed E-state index contributed by atoms with van der Waals surface area (Å²) < 4.78 is 17.4. The molecule has 0 saturated carbocycles. The zero-order valence-corrected chi connectivity index (χ0v) is 20.3. The Kier molecular flexibility index (Phi) is 6.87. The maximum Gasteiger partial charge on any atom is 0.307 e. The molecule has 0 radical (unpaired) electrons. The van der Waals surface area contributed by atoms with Crippen molar-refractivity contribution in [1.82, 2.24) is 5.43 Å². The summed E-state index contributed by atoms with van der Waals surface area (Å²) in [6, 6.07) is 26.5. The lowest BCUT2D eigenvalue weighted by Crippen LogP contribution is -2.16. The first-order chi connectivity index (χ1) is 17.6. The number of ether oxygens (including phenoxy) is 2. The molecule has 1 heterocycles. The molecule has 0 bridgehead atoms. The Morgan fingerprint density at radius 1 is 0.944 bits per heavy atom. The fourth-order valence-electron chi connectivity index (χ4n) is 3.91. The van der Waals surface area contributed by atoms with Crippen LogP contribution in [0.1, 0.15) is 28.6 Å². The van der Waals surface area contributed by atoms with E-state index in [4.69, 9.17) is 25.5 Å². The van der Waals surface area contributed by atoms with Gasteiger partial charge in [-0.3, -0.25) is 4.79 Å². The third kappa shape index (κ3) is 5.19. The molecule has 0 unspecified atom stereocenters. The van der Waals surface area contributed by atoms with Gasteiger partial charge in [0.05, 0.1) is 12.8 Å². The molecule has 4 aromatic carbocycles. The number of rotatable bonds is 8. The van der Waals surface area contributed by atoms with Crippen molar-refractivity contribution in [2.75, 3.05) is 6.61 Å². The molecule has 5 rings (SSSR count). The molecule has 0 aliphatic rings. The average molecular weight is 499 g/mol. The molecule has 0 atom stereocenters. The van der Waals surface area contributed by atoms with Crippen molar-refractivity contribution in [2.24, 2.45) is 5.10 Å². The normalized spacial score (nSPS) is 11.3. The van der Waals surface area contributed by atoms with Gasteiger partial charge < -0.3 is 13.9 Å². The number of hydrogen-bond acceptors (Lipinski definition) is 5. The van der Waals surface area contributed by atoms with Crippen LogP contribution in [0.5, 0.6) is 11.5 Å². The Bertz CT molecular complexity index is 1570. The summed E-state index contributed by atoms with van der Waals surface area (Å²) in [4.78, 5) is 12.6. The van der Waals surface area contributed by atoms with Crippen LogP contribution >= 0.6 is 11.6 Å². The summed E-state index contributed by atoms with van der Waals surface area (Å²) in [5, 5.41) is 7.75. The predicted molar refractivity (Wildman–Crippen MR) is 142 cm³/mol. The van der Waals surface area contributed by atoms with Gasteiger partial charge in [-0.15, -0.1) is 0 Å². The zero-order chi connectivity index (χ0) is 24.9. The highest BCUT2D eigenvalue weighted by molar-refractivity contribution is 6.30. The number of nitrogens with zero attached hydrogens (tertiary/aromatic N) is 1. The smallest absolute Gasteiger partial charge is 0.307 e. The van der Waals surface area contributed by atoms with E-state index in [2.05, 4.69) is 10.5 Å². The topological polar surface area (TPSA) is 73.1 Å². The van der Waals surface area contributed by atoms with E-state index in [9.17, 15) is 4.79 Å². The fraction of sp³-hybridized carbons (Fsp3) is 0.103. The van der Waals surface area contributed by atoms with E-state index in [1.807, 2.05) is 79.7 Å². The van der Waals surface area contributed by atoms with E-state index >= 15 is 0 Å². The Morgan fingerprint density at radius 3 is 2.69 bits per heavy atom. The summed E-state index contributed by atoms with van der Waals surface area (Å²) in [7, 11) is 0. The number of hydrazone groups is 1. The number of benzene rings is 4. The van der Waals surface area contributed by atoms with Crippen molar-refractivity contribution in [1.29, 1.82) is 0 Å². The van der Waals surface area contributed by atoms with Crippen molar-refractivity contribution in [3.63, 3.8) is 0 Å². The van der Waals surface area contributed by atoms with Crippen molar-refractivity contribution in [3.05, 3.63) is 107 Å². The Balaban J connectivity index is 1.27. The van der Waals surface area contributed by atoms with Gasteiger partial charge in [0.15, 0.2) is 17.3 Å². The van der Waals surface area contributed by atoms with Gasteiger partial charge in [-0.25, -0.2) is 5.43 Å². The summed E-state index contributed by atoms with van der Waals surface area (Å²) in [5.74, 6) is 0.947. The van der Waals surface area contributed by atoms with Crippen molar-refractivity contribution in [2.45, 2.75) is 13.5 Å². The average Bonchev–Trinajstić information content (AvgIpc) is 3.34. The first kappa shape index (κ1) is 23.5. The van der Waals surface area contributed by atoms with Crippen LogP contribution in [0.15, 0.2) is 94.4 Å². The molecule has 0 aliphatic heterocycles. The SMILES string of the molecule is CCOc1cc(/C=N\NC(=O)c2cc3c(ccc4ccccc43)o2)ccc1OCc1cccc(Cl)c1. The number of amides is 1. The van der Waals surface area contributed by atoms with E-state index in [0.717, 1.165) is 27.3 Å². The second-order valence-corrected chi connectivity index (χ2v) is 8.50. The number of carbonyl (C=O) groups excluding carboxylic acids is 1. The highest BCUT2D eigenvalue weighted by Crippen LogP contribution is 2.30. The van der Waals surface area contributed by atoms with Gasteiger partial charge in [0.2, 0.25) is 0 Å². The fourth-order valence-corrected chi connectivity index (χ4v) is 4.12. The second kappa shape index (κ2) is 10.5. The lowest BCUT2D eigenvalue weighted by atomic mass is 10.1. The third-order valence-electron chi connectivity index (χ3n) is 5.58. The zero-order valence-electron chi connectivity index (χ0n) is 19.5. The van der Waals surface area contributed by atoms with Crippen LogP contribution in [-0.2, 0) is 6.61 Å². The molecule has 7 heteroatoms. The first-order valence-electron chi connectivity index (χ1n) is 11.5. The Hall–Kier alpha value is -4.29. The number of nitrogens with one attached hydrogen (secondary N) is 1. The third-order valence-corrected chi connectivity index (χ3v) is 5.82. The van der Waals surface area contributed by atoms with Gasteiger partial charge in [0, 0.05) is 10.4 Å². The van der Waals surface area contributed by atoms with Gasteiger partial charge in [-0.05, 0) is 71.3 Å². The highest BCUT2D eigenvalue weighted by atomic mass is 35.5. The molecule has 1 amide bonds. The molecule has 0 saturated heterocycles. The molecule has 0 fully saturated rings. The summed E-state index contributed by atoms with van der Waals surface area (Å²) in [5.41, 5.74) is 4.87. The van der Waals surface area contributed by atoms with Crippen LogP contribution < -0.4 is 14.9 Å². The van der Waals surface area contributed by atoms with Crippen LogP contribution in [0, 0.1) is 0 Å². The Labute approximate surface area is 213 Å². The summed E-state index contributed by atoms with van der Waals surface area (Å²) in [6.07, 6.45) is 1.54. The summed E-state index contributed by atoms with van der Waals surface area (Å²) >= 11 is 6.05. The van der Waals surface area contributed by atoms with Gasteiger partial charge in [-0.2, -0.15) is 5.10 Å². The second-order valence-electron chi connectivity index (χ2n) is 8.07. The predicted octanol–water partition coefficient (Wildman–Crippen LogP) is 6.98. The van der Waals surface area contributed by atoms with Crippen molar-refractivity contribution in [3.8, 4) is 11.5 Å². The molecule has 1 aromatic heterocycles. The van der Waals surface area contributed by atoms with E-state index in [-0.39, 0.29) is 5.76 Å². The largest absolute Gasteiger partial charge is 0.490 e. The van der Waals surface area contributed by atoms with Gasteiger partial charge in [0.25, 0.3) is 0 Å². The maximum absolute atomic E-state index is 12.6. The van der Waals surface area contributed by atoms with Crippen LogP contribution in [0.2, 0.25) is 5.02 Å². The summed E-state index contributed by atoms with van der Waals surface area (Å²) in [6.45, 7) is 2.74. The molecular formula is C29H23ClN2O4.